The van der Waals surface area contributed by atoms with Gasteiger partial charge in [0, 0.05) is 25.3 Å². The highest BCUT2D eigenvalue weighted by atomic mass is 16.5. The number of aliphatic hydroxyl groups excluding tert-OH is 1. The predicted octanol–water partition coefficient (Wildman–Crippen LogP) is 1.51. The van der Waals surface area contributed by atoms with Gasteiger partial charge in [-0.2, -0.15) is 0 Å². The van der Waals surface area contributed by atoms with Gasteiger partial charge >= 0.3 is 0 Å². The molecule has 4 nitrogen and oxygen atoms in total. The van der Waals surface area contributed by atoms with Gasteiger partial charge in [0.2, 0.25) is 0 Å². The zero-order valence-corrected chi connectivity index (χ0v) is 11.3. The molecule has 2 rings (SSSR count). The van der Waals surface area contributed by atoms with Gasteiger partial charge in [0.1, 0.15) is 0 Å². The molecule has 104 valence electrons. The lowest BCUT2D eigenvalue weighted by molar-refractivity contribution is 0.00873. The van der Waals surface area contributed by atoms with Crippen molar-refractivity contribution in [1.29, 1.82) is 0 Å². The summed E-state index contributed by atoms with van der Waals surface area (Å²) < 4.78 is 5.26. The van der Waals surface area contributed by atoms with Crippen LogP contribution in [0.2, 0.25) is 0 Å². The number of hydrogen-bond acceptors (Lipinski definition) is 3. The van der Waals surface area contributed by atoms with Crippen LogP contribution in [0.1, 0.15) is 28.8 Å². The first-order chi connectivity index (χ1) is 9.18. The van der Waals surface area contributed by atoms with E-state index in [4.69, 9.17) is 4.74 Å². The maximum Gasteiger partial charge on any atom is 0.251 e. The minimum absolute atomic E-state index is 0.121. The average molecular weight is 263 g/mol. The number of aryl methyl sites for hydroxylation is 1. The molecule has 1 aliphatic rings. The molecule has 1 atom stereocenters. The molecule has 19 heavy (non-hydrogen) atoms. The summed E-state index contributed by atoms with van der Waals surface area (Å²) in [5.74, 6) is 0.107. The number of aliphatic hydroxyl groups is 1. The normalized spacial score (nSPS) is 18.0. The third-order valence-electron chi connectivity index (χ3n) is 3.67. The highest BCUT2D eigenvalue weighted by Crippen LogP contribution is 2.18. The molecule has 1 aromatic rings. The third-order valence-corrected chi connectivity index (χ3v) is 3.67. The van der Waals surface area contributed by atoms with Gasteiger partial charge in [0.25, 0.3) is 5.91 Å². The molecule has 1 aliphatic heterocycles. The molecule has 2 N–H and O–H groups in total. The zero-order valence-electron chi connectivity index (χ0n) is 11.3. The fraction of sp³-hybridized carbons (Fsp3) is 0.533. The van der Waals surface area contributed by atoms with Gasteiger partial charge in [-0.15, -0.1) is 0 Å². The van der Waals surface area contributed by atoms with Gasteiger partial charge in [0.15, 0.2) is 0 Å². The maximum absolute atomic E-state index is 12.0. The fourth-order valence-corrected chi connectivity index (χ4v) is 2.39. The van der Waals surface area contributed by atoms with E-state index in [1.54, 1.807) is 6.07 Å². The Morgan fingerprint density at radius 1 is 1.42 bits per heavy atom. The van der Waals surface area contributed by atoms with Crippen molar-refractivity contribution < 1.29 is 14.6 Å². The van der Waals surface area contributed by atoms with E-state index < -0.39 is 6.10 Å². The summed E-state index contributed by atoms with van der Waals surface area (Å²) >= 11 is 0. The summed E-state index contributed by atoms with van der Waals surface area (Å²) in [5.41, 5.74) is 1.61. The second kappa shape index (κ2) is 6.68. The summed E-state index contributed by atoms with van der Waals surface area (Å²) in [6.45, 7) is 3.61. The lowest BCUT2D eigenvalue weighted by atomic mass is 9.94. The summed E-state index contributed by atoms with van der Waals surface area (Å²) in [6.07, 6.45) is 1.24. The quantitative estimate of drug-likeness (QED) is 0.865. The molecule has 4 heteroatoms. The first-order valence-corrected chi connectivity index (χ1v) is 6.78. The van der Waals surface area contributed by atoms with E-state index in [2.05, 4.69) is 5.32 Å². The Morgan fingerprint density at radius 2 is 2.11 bits per heavy atom. The largest absolute Gasteiger partial charge is 0.391 e. The second-order valence-electron chi connectivity index (χ2n) is 5.04. The van der Waals surface area contributed by atoms with E-state index in [1.807, 2.05) is 25.1 Å². The highest BCUT2D eigenvalue weighted by Gasteiger charge is 2.22. The van der Waals surface area contributed by atoms with Gasteiger partial charge in [0.05, 0.1) is 6.10 Å². The molecule has 1 heterocycles. The predicted molar refractivity (Wildman–Crippen MR) is 73.1 cm³/mol. The Bertz CT molecular complexity index is 427. The smallest absolute Gasteiger partial charge is 0.251 e. The Hall–Kier alpha value is -1.39. The minimum atomic E-state index is -0.489. The lowest BCUT2D eigenvalue weighted by Gasteiger charge is -2.26. The summed E-state index contributed by atoms with van der Waals surface area (Å²) in [5, 5.41) is 12.9. The number of benzene rings is 1. The molecule has 0 saturated carbocycles. The van der Waals surface area contributed by atoms with Crippen LogP contribution >= 0.6 is 0 Å². The number of nitrogens with one attached hydrogen (secondary N) is 1. The van der Waals surface area contributed by atoms with E-state index in [9.17, 15) is 9.90 Å². The van der Waals surface area contributed by atoms with Gasteiger partial charge in [-0.1, -0.05) is 18.2 Å². The number of carbonyl (C=O) groups excluding carboxylic acids is 1. The van der Waals surface area contributed by atoms with Crippen LogP contribution in [0.25, 0.3) is 0 Å². The Kier molecular flexibility index (Phi) is 4.93. The van der Waals surface area contributed by atoms with Crippen molar-refractivity contribution in [3.05, 3.63) is 35.4 Å². The van der Waals surface area contributed by atoms with E-state index in [-0.39, 0.29) is 11.8 Å². The number of carbonyl (C=O) groups is 1. The first-order valence-electron chi connectivity index (χ1n) is 6.78. The second-order valence-corrected chi connectivity index (χ2v) is 5.04. The molecule has 0 aromatic heterocycles. The summed E-state index contributed by atoms with van der Waals surface area (Å²) in [7, 11) is 0. The Morgan fingerprint density at radius 3 is 2.79 bits per heavy atom. The van der Waals surface area contributed by atoms with Crippen molar-refractivity contribution in [2.24, 2.45) is 5.92 Å². The molecule has 1 aromatic carbocycles. The van der Waals surface area contributed by atoms with Crippen LogP contribution in [0.5, 0.6) is 0 Å². The van der Waals surface area contributed by atoms with Crippen molar-refractivity contribution >= 4 is 5.91 Å². The number of ether oxygens (including phenoxy) is 1. The van der Waals surface area contributed by atoms with Gasteiger partial charge in [-0.25, -0.2) is 0 Å². The molecule has 0 radical (unpaired) electrons. The van der Waals surface area contributed by atoms with E-state index in [1.165, 1.54) is 0 Å². The van der Waals surface area contributed by atoms with E-state index in [0.29, 0.717) is 25.3 Å². The van der Waals surface area contributed by atoms with Crippen molar-refractivity contribution in [2.45, 2.75) is 25.9 Å². The van der Waals surface area contributed by atoms with Crippen molar-refractivity contribution in [2.75, 3.05) is 19.8 Å². The van der Waals surface area contributed by atoms with Gasteiger partial charge < -0.3 is 15.2 Å². The Labute approximate surface area is 113 Å². The Balaban J connectivity index is 1.84. The number of amides is 1. The van der Waals surface area contributed by atoms with Crippen LogP contribution in [-0.2, 0) is 4.74 Å². The monoisotopic (exact) mass is 263 g/mol. The molecule has 0 bridgehead atoms. The molecule has 1 unspecified atom stereocenters. The minimum Gasteiger partial charge on any atom is -0.391 e. The first kappa shape index (κ1) is 14.0. The van der Waals surface area contributed by atoms with E-state index >= 15 is 0 Å². The fourth-order valence-electron chi connectivity index (χ4n) is 2.39. The summed E-state index contributed by atoms with van der Waals surface area (Å²) in [6, 6.07) is 7.45. The van der Waals surface area contributed by atoms with Crippen LogP contribution in [0, 0.1) is 12.8 Å². The average Bonchev–Trinajstić information content (AvgIpc) is 2.46. The standard InChI is InChI=1S/C15H21NO3/c1-11-4-2-3-5-13(11)15(18)16-10-14(17)12-6-8-19-9-7-12/h2-5,12,14,17H,6-10H2,1H3,(H,16,18). The molecule has 0 aliphatic carbocycles. The molecule has 1 amide bonds. The lowest BCUT2D eigenvalue weighted by Crippen LogP contribution is -2.38. The molecular formula is C15H21NO3. The number of hydrogen-bond donors (Lipinski definition) is 2. The molecule has 1 fully saturated rings. The van der Waals surface area contributed by atoms with Crippen LogP contribution in [-0.4, -0.2) is 36.9 Å². The number of rotatable bonds is 4. The van der Waals surface area contributed by atoms with Crippen molar-refractivity contribution in [3.63, 3.8) is 0 Å². The van der Waals surface area contributed by atoms with Crippen molar-refractivity contribution in [1.82, 2.24) is 5.32 Å². The maximum atomic E-state index is 12.0. The van der Waals surface area contributed by atoms with E-state index in [0.717, 1.165) is 18.4 Å². The van der Waals surface area contributed by atoms with Gasteiger partial charge in [-0.05, 0) is 37.3 Å². The zero-order chi connectivity index (χ0) is 13.7. The molecular weight excluding hydrogens is 242 g/mol. The summed E-state index contributed by atoms with van der Waals surface area (Å²) in [4.78, 5) is 12.0. The van der Waals surface area contributed by atoms with Crippen LogP contribution in [0.15, 0.2) is 24.3 Å². The van der Waals surface area contributed by atoms with Crippen LogP contribution < -0.4 is 5.32 Å². The third kappa shape index (κ3) is 3.78. The topological polar surface area (TPSA) is 58.6 Å². The SMILES string of the molecule is Cc1ccccc1C(=O)NCC(O)C1CCOCC1. The van der Waals surface area contributed by atoms with Crippen LogP contribution in [0.4, 0.5) is 0 Å². The molecule has 1 saturated heterocycles. The van der Waals surface area contributed by atoms with Gasteiger partial charge in [-0.3, -0.25) is 4.79 Å². The van der Waals surface area contributed by atoms with Crippen LogP contribution in [0.3, 0.4) is 0 Å². The highest BCUT2D eigenvalue weighted by molar-refractivity contribution is 5.95. The molecule has 0 spiro atoms. The van der Waals surface area contributed by atoms with Crippen molar-refractivity contribution in [3.8, 4) is 0 Å².